The number of aryl methyl sites for hydroxylation is 1. The third-order valence-electron chi connectivity index (χ3n) is 3.88. The van der Waals surface area contributed by atoms with Crippen LogP contribution in [-0.2, 0) is 9.59 Å². The number of halogens is 2. The summed E-state index contributed by atoms with van der Waals surface area (Å²) < 4.78 is 6.47. The van der Waals surface area contributed by atoms with Gasteiger partial charge >= 0.3 is 0 Å². The normalized spacial score (nSPS) is 10.4. The Labute approximate surface area is 172 Å². The highest BCUT2D eigenvalue weighted by Gasteiger charge is 2.13. The number of benzene rings is 2. The lowest BCUT2D eigenvalue weighted by Crippen LogP contribution is -2.35. The van der Waals surface area contributed by atoms with Gasteiger partial charge in [-0.2, -0.15) is 0 Å². The van der Waals surface area contributed by atoms with E-state index < -0.39 is 0 Å². The molecular formula is C20H22BrClN2O3. The van der Waals surface area contributed by atoms with Crippen molar-refractivity contribution in [3.63, 3.8) is 0 Å². The van der Waals surface area contributed by atoms with E-state index in [1.807, 2.05) is 37.3 Å². The summed E-state index contributed by atoms with van der Waals surface area (Å²) >= 11 is 9.29. The maximum Gasteiger partial charge on any atom is 0.244 e. The van der Waals surface area contributed by atoms with Crippen LogP contribution in [0.5, 0.6) is 5.75 Å². The van der Waals surface area contributed by atoms with Gasteiger partial charge < -0.3 is 15.0 Å². The molecule has 0 saturated heterocycles. The molecule has 0 radical (unpaired) electrons. The van der Waals surface area contributed by atoms with Crippen molar-refractivity contribution in [1.29, 1.82) is 0 Å². The first kappa shape index (κ1) is 21.3. The molecule has 1 N–H and O–H groups in total. The van der Waals surface area contributed by atoms with Crippen LogP contribution in [0.2, 0.25) is 5.02 Å². The Bertz CT molecular complexity index is 814. The van der Waals surface area contributed by atoms with E-state index in [9.17, 15) is 9.59 Å². The maximum absolute atomic E-state index is 12.2. The van der Waals surface area contributed by atoms with Crippen LogP contribution < -0.4 is 10.1 Å². The fourth-order valence-electron chi connectivity index (χ4n) is 2.43. The van der Waals surface area contributed by atoms with Crippen molar-refractivity contribution in [1.82, 2.24) is 4.90 Å². The average Bonchev–Trinajstić information content (AvgIpc) is 2.61. The van der Waals surface area contributed by atoms with E-state index in [1.165, 1.54) is 4.90 Å². The van der Waals surface area contributed by atoms with Crippen molar-refractivity contribution in [2.45, 2.75) is 19.8 Å². The number of carbonyl (C=O) groups is 2. The Hall–Kier alpha value is -2.05. The van der Waals surface area contributed by atoms with Crippen molar-refractivity contribution < 1.29 is 14.3 Å². The zero-order valence-electron chi connectivity index (χ0n) is 15.3. The minimum Gasteiger partial charge on any atom is -0.493 e. The molecular weight excluding hydrogens is 432 g/mol. The van der Waals surface area contributed by atoms with Crippen LogP contribution in [0.1, 0.15) is 18.4 Å². The predicted octanol–water partition coefficient (Wildman–Crippen LogP) is 4.67. The lowest BCUT2D eigenvalue weighted by molar-refractivity contribution is -0.133. The highest BCUT2D eigenvalue weighted by molar-refractivity contribution is 9.10. The largest absolute Gasteiger partial charge is 0.493 e. The number of amides is 2. The Morgan fingerprint density at radius 2 is 1.96 bits per heavy atom. The zero-order valence-corrected chi connectivity index (χ0v) is 17.6. The first-order valence-corrected chi connectivity index (χ1v) is 9.71. The molecule has 0 aliphatic heterocycles. The summed E-state index contributed by atoms with van der Waals surface area (Å²) in [6, 6.07) is 12.7. The van der Waals surface area contributed by atoms with E-state index in [0.717, 1.165) is 15.8 Å². The molecule has 2 rings (SSSR count). The van der Waals surface area contributed by atoms with Crippen molar-refractivity contribution in [3.05, 3.63) is 57.5 Å². The van der Waals surface area contributed by atoms with Crippen LogP contribution in [0.3, 0.4) is 0 Å². The second-order valence-electron chi connectivity index (χ2n) is 6.14. The molecule has 7 heteroatoms. The van der Waals surface area contributed by atoms with Gasteiger partial charge in [0.05, 0.1) is 18.8 Å². The fourth-order valence-corrected chi connectivity index (χ4v) is 3.04. The summed E-state index contributed by atoms with van der Waals surface area (Å²) in [5, 5.41) is 3.44. The zero-order chi connectivity index (χ0) is 19.8. The predicted molar refractivity (Wildman–Crippen MR) is 111 cm³/mol. The van der Waals surface area contributed by atoms with Gasteiger partial charge in [-0.1, -0.05) is 23.7 Å². The maximum atomic E-state index is 12.2. The number of hydrogen-bond donors (Lipinski definition) is 1. The Morgan fingerprint density at radius 3 is 2.67 bits per heavy atom. The molecule has 0 spiro atoms. The molecule has 2 amide bonds. The van der Waals surface area contributed by atoms with Gasteiger partial charge in [0, 0.05) is 23.0 Å². The molecule has 0 aliphatic carbocycles. The number of para-hydroxylation sites is 1. The Balaban J connectivity index is 1.72. The van der Waals surface area contributed by atoms with Crippen molar-refractivity contribution >= 4 is 45.0 Å². The number of anilines is 1. The van der Waals surface area contributed by atoms with Crippen LogP contribution in [0.25, 0.3) is 0 Å². The van der Waals surface area contributed by atoms with Crippen LogP contribution in [0.4, 0.5) is 5.69 Å². The quantitative estimate of drug-likeness (QED) is 0.591. The topological polar surface area (TPSA) is 58.6 Å². The molecule has 0 aromatic heterocycles. The molecule has 0 atom stereocenters. The molecule has 2 aromatic carbocycles. The van der Waals surface area contributed by atoms with Crippen molar-refractivity contribution in [2.24, 2.45) is 0 Å². The van der Waals surface area contributed by atoms with Crippen LogP contribution >= 0.6 is 27.5 Å². The van der Waals surface area contributed by atoms with Gasteiger partial charge in [0.25, 0.3) is 0 Å². The summed E-state index contributed by atoms with van der Waals surface area (Å²) in [5.74, 6) is 0.410. The van der Waals surface area contributed by atoms with Gasteiger partial charge in [0.2, 0.25) is 11.8 Å². The minimum atomic E-state index is -0.245. The van der Waals surface area contributed by atoms with E-state index in [1.54, 1.807) is 19.2 Å². The molecule has 0 bridgehead atoms. The van der Waals surface area contributed by atoms with Crippen LogP contribution in [0, 0.1) is 6.92 Å². The summed E-state index contributed by atoms with van der Waals surface area (Å²) in [5.41, 5.74) is 1.63. The van der Waals surface area contributed by atoms with E-state index in [4.69, 9.17) is 16.3 Å². The number of hydrogen-bond acceptors (Lipinski definition) is 3. The summed E-state index contributed by atoms with van der Waals surface area (Å²) in [6.45, 7) is 2.34. The van der Waals surface area contributed by atoms with Gasteiger partial charge in [-0.25, -0.2) is 0 Å². The SMILES string of the molecule is Cc1cc(Cl)ccc1OCCCC(=O)N(C)CC(=O)Nc1ccccc1Br. The van der Waals surface area contributed by atoms with Crippen molar-refractivity contribution in [2.75, 3.05) is 25.5 Å². The standard InChI is InChI=1S/C20H22BrClN2O3/c1-14-12-15(22)9-10-18(14)27-11-5-8-20(26)24(2)13-19(25)23-17-7-4-3-6-16(17)21/h3-4,6-7,9-10,12H,5,8,11,13H2,1-2H3,(H,23,25). The summed E-state index contributed by atoms with van der Waals surface area (Å²) in [4.78, 5) is 25.7. The molecule has 0 unspecified atom stereocenters. The van der Waals surface area contributed by atoms with Gasteiger partial charge in [-0.3, -0.25) is 9.59 Å². The Kier molecular flexibility index (Phi) is 8.13. The number of rotatable bonds is 8. The third kappa shape index (κ3) is 6.88. The van der Waals surface area contributed by atoms with Crippen LogP contribution in [0.15, 0.2) is 46.9 Å². The summed E-state index contributed by atoms with van der Waals surface area (Å²) in [6.07, 6.45) is 0.878. The molecule has 27 heavy (non-hydrogen) atoms. The lowest BCUT2D eigenvalue weighted by atomic mass is 10.2. The van der Waals surface area contributed by atoms with Crippen molar-refractivity contribution in [3.8, 4) is 5.75 Å². The molecule has 0 aliphatic rings. The first-order chi connectivity index (χ1) is 12.9. The van der Waals surface area contributed by atoms with Gasteiger partial charge in [-0.05, 0) is 65.2 Å². The van der Waals surface area contributed by atoms with Gasteiger partial charge in [-0.15, -0.1) is 0 Å². The fraction of sp³-hybridized carbons (Fsp3) is 0.300. The third-order valence-corrected chi connectivity index (χ3v) is 4.81. The number of ether oxygens (including phenoxy) is 1. The highest BCUT2D eigenvalue weighted by atomic mass is 79.9. The van der Waals surface area contributed by atoms with E-state index >= 15 is 0 Å². The first-order valence-electron chi connectivity index (χ1n) is 8.54. The molecule has 5 nitrogen and oxygen atoms in total. The second-order valence-corrected chi connectivity index (χ2v) is 7.43. The number of nitrogens with zero attached hydrogens (tertiary/aromatic N) is 1. The molecule has 0 saturated carbocycles. The van der Waals surface area contributed by atoms with E-state index in [0.29, 0.717) is 30.2 Å². The number of likely N-dealkylation sites (N-methyl/N-ethyl adjacent to an activating group) is 1. The molecule has 0 heterocycles. The van der Waals surface area contributed by atoms with E-state index in [-0.39, 0.29) is 18.4 Å². The van der Waals surface area contributed by atoms with Crippen LogP contribution in [-0.4, -0.2) is 36.9 Å². The molecule has 144 valence electrons. The molecule has 0 fully saturated rings. The lowest BCUT2D eigenvalue weighted by Gasteiger charge is -2.17. The highest BCUT2D eigenvalue weighted by Crippen LogP contribution is 2.22. The van der Waals surface area contributed by atoms with Gasteiger partial charge in [0.15, 0.2) is 0 Å². The van der Waals surface area contributed by atoms with Gasteiger partial charge in [0.1, 0.15) is 5.75 Å². The number of carbonyl (C=O) groups excluding carboxylic acids is 2. The second kappa shape index (κ2) is 10.3. The molecule has 2 aromatic rings. The smallest absolute Gasteiger partial charge is 0.244 e. The number of nitrogens with one attached hydrogen (secondary N) is 1. The summed E-state index contributed by atoms with van der Waals surface area (Å²) in [7, 11) is 1.62. The van der Waals surface area contributed by atoms with E-state index in [2.05, 4.69) is 21.2 Å². The average molecular weight is 454 g/mol. The minimum absolute atomic E-state index is 0.00266. The Morgan fingerprint density at radius 1 is 1.22 bits per heavy atom. The monoisotopic (exact) mass is 452 g/mol.